The van der Waals surface area contributed by atoms with Gasteiger partial charge in [0.1, 0.15) is 0 Å². The number of hydrogen-bond donors (Lipinski definition) is 1. The van der Waals surface area contributed by atoms with Gasteiger partial charge in [0.05, 0.1) is 0 Å². The molecule has 3 rings (SSSR count). The second-order valence-electron chi connectivity index (χ2n) is 5.67. The fourth-order valence-corrected chi connectivity index (χ4v) is 3.09. The third-order valence-electron chi connectivity index (χ3n) is 4.26. The monoisotopic (exact) mass is 269 g/mol. The van der Waals surface area contributed by atoms with E-state index in [0.717, 1.165) is 18.4 Å². The first-order valence-corrected chi connectivity index (χ1v) is 7.26. The van der Waals surface area contributed by atoms with Crippen LogP contribution in [0.1, 0.15) is 28.7 Å². The van der Waals surface area contributed by atoms with E-state index >= 15 is 4.39 Å². The summed E-state index contributed by atoms with van der Waals surface area (Å²) in [5.74, 6) is 0. The number of halogens is 1. The van der Waals surface area contributed by atoms with E-state index in [1.54, 1.807) is 0 Å². The van der Waals surface area contributed by atoms with Gasteiger partial charge in [-0.1, -0.05) is 48.5 Å². The van der Waals surface area contributed by atoms with Crippen molar-refractivity contribution in [3.63, 3.8) is 0 Å². The second-order valence-corrected chi connectivity index (χ2v) is 5.67. The Kier molecular flexibility index (Phi) is 3.58. The Morgan fingerprint density at radius 2 is 1.75 bits per heavy atom. The van der Waals surface area contributed by atoms with Crippen LogP contribution in [0, 0.1) is 0 Å². The summed E-state index contributed by atoms with van der Waals surface area (Å²) in [5, 5.41) is 0. The molecule has 1 aliphatic carbocycles. The fourth-order valence-electron chi connectivity index (χ4n) is 3.09. The Bertz CT molecular complexity index is 594. The van der Waals surface area contributed by atoms with E-state index in [1.807, 2.05) is 30.3 Å². The largest absolute Gasteiger partial charge is 0.327 e. The first-order valence-electron chi connectivity index (χ1n) is 7.26. The van der Waals surface area contributed by atoms with Crippen molar-refractivity contribution in [1.82, 2.24) is 0 Å². The predicted octanol–water partition coefficient (Wildman–Crippen LogP) is 3.54. The van der Waals surface area contributed by atoms with Gasteiger partial charge in [-0.05, 0) is 41.5 Å². The molecule has 1 atom stereocenters. The summed E-state index contributed by atoms with van der Waals surface area (Å²) in [4.78, 5) is 0. The molecule has 0 heterocycles. The van der Waals surface area contributed by atoms with Crippen LogP contribution in [-0.4, -0.2) is 6.54 Å². The Balaban J connectivity index is 1.88. The maximum atomic E-state index is 15.2. The van der Waals surface area contributed by atoms with Gasteiger partial charge in [0.25, 0.3) is 0 Å². The third-order valence-corrected chi connectivity index (χ3v) is 4.26. The smallest absolute Gasteiger partial charge is 0.152 e. The van der Waals surface area contributed by atoms with Gasteiger partial charge < -0.3 is 5.73 Å². The van der Waals surface area contributed by atoms with Gasteiger partial charge in [-0.15, -0.1) is 0 Å². The minimum Gasteiger partial charge on any atom is -0.327 e. The molecule has 0 amide bonds. The molecule has 1 aliphatic rings. The Morgan fingerprint density at radius 3 is 2.50 bits per heavy atom. The highest BCUT2D eigenvalue weighted by Gasteiger charge is 2.30. The van der Waals surface area contributed by atoms with E-state index in [4.69, 9.17) is 5.73 Å². The van der Waals surface area contributed by atoms with Crippen molar-refractivity contribution in [2.24, 2.45) is 5.73 Å². The number of nitrogens with two attached hydrogens (primary N) is 1. The summed E-state index contributed by atoms with van der Waals surface area (Å²) in [5.41, 5.74) is 8.77. The topological polar surface area (TPSA) is 26.0 Å². The van der Waals surface area contributed by atoms with E-state index in [0.29, 0.717) is 12.0 Å². The van der Waals surface area contributed by atoms with Gasteiger partial charge in [0, 0.05) is 13.0 Å². The normalized spacial score (nSPS) is 16.7. The first kappa shape index (κ1) is 13.3. The van der Waals surface area contributed by atoms with Crippen molar-refractivity contribution < 1.29 is 4.39 Å². The molecule has 0 saturated heterocycles. The lowest BCUT2D eigenvalue weighted by atomic mass is 9.88. The lowest BCUT2D eigenvalue weighted by molar-refractivity contribution is 0.175. The number of alkyl halides is 1. The molecular weight excluding hydrogens is 249 g/mol. The lowest BCUT2D eigenvalue weighted by Crippen LogP contribution is -2.32. The third kappa shape index (κ3) is 2.48. The molecule has 0 spiro atoms. The van der Waals surface area contributed by atoms with Crippen LogP contribution in [0.2, 0.25) is 0 Å². The molecule has 20 heavy (non-hydrogen) atoms. The maximum Gasteiger partial charge on any atom is 0.152 e. The maximum absolute atomic E-state index is 15.2. The molecule has 2 heteroatoms. The molecule has 0 bridgehead atoms. The van der Waals surface area contributed by atoms with Crippen molar-refractivity contribution >= 4 is 0 Å². The van der Waals surface area contributed by atoms with Gasteiger partial charge in [0.15, 0.2) is 5.67 Å². The van der Waals surface area contributed by atoms with Crippen LogP contribution in [0.25, 0.3) is 0 Å². The second kappa shape index (κ2) is 5.37. The Morgan fingerprint density at radius 1 is 1.00 bits per heavy atom. The molecule has 2 N–H and O–H groups in total. The summed E-state index contributed by atoms with van der Waals surface area (Å²) in [6.07, 6.45) is 3.85. The molecule has 0 aromatic heterocycles. The van der Waals surface area contributed by atoms with Crippen LogP contribution in [0.3, 0.4) is 0 Å². The number of hydrogen-bond acceptors (Lipinski definition) is 1. The zero-order valence-electron chi connectivity index (χ0n) is 11.6. The fraction of sp³-hybridized carbons (Fsp3) is 0.333. The molecular formula is C18H20FN. The van der Waals surface area contributed by atoms with Crippen molar-refractivity contribution in [1.29, 1.82) is 0 Å². The van der Waals surface area contributed by atoms with Gasteiger partial charge in [0.2, 0.25) is 0 Å². The number of aryl methyl sites for hydroxylation is 2. The molecule has 1 nitrogen and oxygen atoms in total. The summed E-state index contributed by atoms with van der Waals surface area (Å²) < 4.78 is 15.2. The molecule has 0 saturated carbocycles. The Labute approximate surface area is 119 Å². The van der Waals surface area contributed by atoms with Crippen molar-refractivity contribution in [2.45, 2.75) is 31.4 Å². The molecule has 2 aromatic rings. The van der Waals surface area contributed by atoms with Crippen LogP contribution in [0.4, 0.5) is 4.39 Å². The zero-order valence-corrected chi connectivity index (χ0v) is 11.6. The summed E-state index contributed by atoms with van der Waals surface area (Å²) in [6, 6.07) is 15.6. The van der Waals surface area contributed by atoms with Crippen molar-refractivity contribution in [2.75, 3.05) is 6.54 Å². The molecule has 0 aliphatic heterocycles. The highest BCUT2D eigenvalue weighted by Crippen LogP contribution is 2.31. The zero-order chi connectivity index (χ0) is 14.0. The summed E-state index contributed by atoms with van der Waals surface area (Å²) in [6.45, 7) is 0.00803. The Hall–Kier alpha value is -1.67. The van der Waals surface area contributed by atoms with Gasteiger partial charge >= 0.3 is 0 Å². The van der Waals surface area contributed by atoms with Crippen molar-refractivity contribution in [3.8, 4) is 0 Å². The minimum absolute atomic E-state index is 0.00803. The van der Waals surface area contributed by atoms with Crippen LogP contribution < -0.4 is 5.73 Å². The molecule has 0 fully saturated rings. The highest BCUT2D eigenvalue weighted by molar-refractivity contribution is 5.37. The SMILES string of the molecule is NCC(F)(Cc1ccc2c(c1)CCC2)c1ccccc1. The molecule has 0 radical (unpaired) electrons. The van der Waals surface area contributed by atoms with E-state index < -0.39 is 5.67 Å². The van der Waals surface area contributed by atoms with Crippen LogP contribution >= 0.6 is 0 Å². The standard InChI is InChI=1S/C18H20FN/c19-18(13-20,17-7-2-1-3-8-17)12-14-9-10-15-5-4-6-16(15)11-14/h1-3,7-11H,4-6,12-13,20H2. The average Bonchev–Trinajstić information content (AvgIpc) is 2.95. The van der Waals surface area contributed by atoms with Gasteiger partial charge in [-0.25, -0.2) is 4.39 Å². The number of fused-ring (bicyclic) bond motifs is 1. The van der Waals surface area contributed by atoms with E-state index in [1.165, 1.54) is 17.5 Å². The quantitative estimate of drug-likeness (QED) is 0.902. The average molecular weight is 269 g/mol. The van der Waals surface area contributed by atoms with Crippen LogP contribution in [-0.2, 0) is 24.9 Å². The van der Waals surface area contributed by atoms with E-state index in [2.05, 4.69) is 18.2 Å². The molecule has 1 unspecified atom stereocenters. The lowest BCUT2D eigenvalue weighted by Gasteiger charge is -2.24. The van der Waals surface area contributed by atoms with E-state index in [-0.39, 0.29) is 6.54 Å². The van der Waals surface area contributed by atoms with Gasteiger partial charge in [-0.3, -0.25) is 0 Å². The number of benzene rings is 2. The first-order chi connectivity index (χ1) is 9.71. The van der Waals surface area contributed by atoms with Gasteiger partial charge in [-0.2, -0.15) is 0 Å². The van der Waals surface area contributed by atoms with E-state index in [9.17, 15) is 0 Å². The predicted molar refractivity (Wildman–Crippen MR) is 80.5 cm³/mol. The molecule has 2 aromatic carbocycles. The van der Waals surface area contributed by atoms with Crippen LogP contribution in [0.15, 0.2) is 48.5 Å². The van der Waals surface area contributed by atoms with Crippen LogP contribution in [0.5, 0.6) is 0 Å². The van der Waals surface area contributed by atoms with Crippen molar-refractivity contribution in [3.05, 3.63) is 70.8 Å². The number of rotatable bonds is 4. The minimum atomic E-state index is -1.48. The summed E-state index contributed by atoms with van der Waals surface area (Å²) in [7, 11) is 0. The summed E-state index contributed by atoms with van der Waals surface area (Å²) >= 11 is 0. The molecule has 104 valence electrons. The highest BCUT2D eigenvalue weighted by atomic mass is 19.1.